The Balaban J connectivity index is 1.94. The molecular formula is C31H35Cl2F2N3O4S. The van der Waals surface area contributed by atoms with Crippen LogP contribution in [0.3, 0.4) is 0 Å². The lowest BCUT2D eigenvalue weighted by Crippen LogP contribution is -2.52. The first-order valence-electron chi connectivity index (χ1n) is 13.8. The van der Waals surface area contributed by atoms with Crippen LogP contribution in [-0.4, -0.2) is 50.0 Å². The predicted octanol–water partition coefficient (Wildman–Crippen LogP) is 6.37. The van der Waals surface area contributed by atoms with Crippen LogP contribution in [0.2, 0.25) is 10.0 Å². The number of halogens is 4. The highest BCUT2D eigenvalue weighted by molar-refractivity contribution is 7.92. The molecule has 0 saturated carbocycles. The van der Waals surface area contributed by atoms with Gasteiger partial charge in [-0.25, -0.2) is 17.2 Å². The Morgan fingerprint density at radius 3 is 2.19 bits per heavy atom. The molecule has 232 valence electrons. The molecule has 43 heavy (non-hydrogen) atoms. The van der Waals surface area contributed by atoms with Crippen molar-refractivity contribution in [3.05, 3.63) is 99.5 Å². The molecule has 1 N–H and O–H groups in total. The second-order valence-corrected chi connectivity index (χ2v) is 13.0. The van der Waals surface area contributed by atoms with E-state index in [9.17, 15) is 26.8 Å². The quantitative estimate of drug-likeness (QED) is 0.219. The summed E-state index contributed by atoms with van der Waals surface area (Å²) in [6.45, 7) is 3.55. The maximum absolute atomic E-state index is 13.9. The lowest BCUT2D eigenvalue weighted by Gasteiger charge is -2.33. The van der Waals surface area contributed by atoms with Gasteiger partial charge in [0.15, 0.2) is 11.6 Å². The monoisotopic (exact) mass is 653 g/mol. The number of carbonyl (C=O) groups is 2. The van der Waals surface area contributed by atoms with Gasteiger partial charge in [-0.15, -0.1) is 0 Å². The molecule has 0 spiro atoms. The second kappa shape index (κ2) is 15.5. The highest BCUT2D eigenvalue weighted by Crippen LogP contribution is 2.28. The fourth-order valence-corrected chi connectivity index (χ4v) is 5.97. The summed E-state index contributed by atoms with van der Waals surface area (Å²) in [5.74, 6) is -3.09. The maximum atomic E-state index is 13.9. The molecule has 0 aliphatic heterocycles. The van der Waals surface area contributed by atoms with Gasteiger partial charge in [0, 0.05) is 53.6 Å². The van der Waals surface area contributed by atoms with Crippen LogP contribution in [0.1, 0.15) is 44.2 Å². The average molecular weight is 655 g/mol. The lowest BCUT2D eigenvalue weighted by molar-refractivity contribution is -0.141. The van der Waals surface area contributed by atoms with Crippen molar-refractivity contribution < 1.29 is 26.8 Å². The topological polar surface area (TPSA) is 86.8 Å². The molecule has 0 heterocycles. The molecule has 7 nitrogen and oxygen atoms in total. The normalized spacial score (nSPS) is 12.8. The summed E-state index contributed by atoms with van der Waals surface area (Å²) in [5, 5.41) is 3.63. The molecule has 0 unspecified atom stereocenters. The zero-order valence-electron chi connectivity index (χ0n) is 24.2. The van der Waals surface area contributed by atoms with Crippen LogP contribution in [0.25, 0.3) is 0 Å². The average Bonchev–Trinajstić information content (AvgIpc) is 2.95. The van der Waals surface area contributed by atoms with Gasteiger partial charge in [-0.05, 0) is 49.6 Å². The fourth-order valence-electron chi connectivity index (χ4n) is 4.49. The van der Waals surface area contributed by atoms with Crippen molar-refractivity contribution >= 4 is 50.7 Å². The third kappa shape index (κ3) is 9.64. The first-order chi connectivity index (χ1) is 20.3. The van der Waals surface area contributed by atoms with E-state index >= 15 is 0 Å². The molecule has 0 fully saturated rings. The van der Waals surface area contributed by atoms with Gasteiger partial charge in [-0.1, -0.05) is 66.5 Å². The Morgan fingerprint density at radius 2 is 1.60 bits per heavy atom. The van der Waals surface area contributed by atoms with Crippen LogP contribution >= 0.6 is 23.2 Å². The zero-order valence-corrected chi connectivity index (χ0v) is 26.5. The SMILES string of the molecule is CC[C@@H](C)NC(=O)[C@H](Cc1ccccc1)N(Cc1c(Cl)cccc1Cl)C(=O)CCCN(c1ccc(F)c(F)c1)S(C)(=O)=O. The number of nitrogens with zero attached hydrogens (tertiary/aromatic N) is 2. The minimum atomic E-state index is -3.89. The standard InChI is InChI=1S/C31H35Cl2F2N3O4S/c1-4-21(2)36-31(40)29(18-22-10-6-5-7-11-22)37(20-24-25(32)12-8-13-26(24)33)30(39)14-9-17-38(43(3,41)42)23-15-16-27(34)28(35)19-23/h5-8,10-13,15-16,19,21,29H,4,9,14,17-18,20H2,1-3H3,(H,36,40)/t21-,29+/m1/s1. The second-order valence-electron chi connectivity index (χ2n) is 10.3. The molecule has 3 aromatic rings. The molecule has 0 aliphatic rings. The van der Waals surface area contributed by atoms with Crippen molar-refractivity contribution in [3.8, 4) is 0 Å². The number of sulfonamides is 1. The Hall–Kier alpha value is -3.21. The molecule has 2 atom stereocenters. The van der Waals surface area contributed by atoms with Gasteiger partial charge < -0.3 is 10.2 Å². The maximum Gasteiger partial charge on any atom is 0.243 e. The molecule has 0 saturated heterocycles. The van der Waals surface area contributed by atoms with Crippen molar-refractivity contribution in [2.75, 3.05) is 17.1 Å². The van der Waals surface area contributed by atoms with Crippen LogP contribution in [-0.2, 0) is 32.6 Å². The first kappa shape index (κ1) is 34.3. The van der Waals surface area contributed by atoms with Crippen molar-refractivity contribution in [3.63, 3.8) is 0 Å². The number of anilines is 1. The van der Waals surface area contributed by atoms with Crippen molar-refractivity contribution in [2.45, 2.75) is 58.2 Å². The number of hydrogen-bond acceptors (Lipinski definition) is 4. The number of amides is 2. The molecule has 0 radical (unpaired) electrons. The van der Waals surface area contributed by atoms with Crippen molar-refractivity contribution in [1.29, 1.82) is 0 Å². The summed E-state index contributed by atoms with van der Waals surface area (Å²) < 4.78 is 53.3. The van der Waals surface area contributed by atoms with Crippen molar-refractivity contribution in [1.82, 2.24) is 10.2 Å². The van der Waals surface area contributed by atoms with Crippen LogP contribution < -0.4 is 9.62 Å². The molecular weight excluding hydrogens is 619 g/mol. The number of nitrogens with one attached hydrogen (secondary N) is 1. The van der Waals surface area contributed by atoms with Crippen LogP contribution in [0, 0.1) is 11.6 Å². The first-order valence-corrected chi connectivity index (χ1v) is 16.4. The van der Waals surface area contributed by atoms with Gasteiger partial charge in [0.05, 0.1) is 11.9 Å². The van der Waals surface area contributed by atoms with E-state index in [-0.39, 0.29) is 50.0 Å². The van der Waals surface area contributed by atoms with Gasteiger partial charge in [-0.3, -0.25) is 13.9 Å². The van der Waals surface area contributed by atoms with E-state index in [2.05, 4.69) is 5.32 Å². The highest BCUT2D eigenvalue weighted by Gasteiger charge is 2.32. The van der Waals surface area contributed by atoms with Crippen LogP contribution in [0.4, 0.5) is 14.5 Å². The summed E-state index contributed by atoms with van der Waals surface area (Å²) in [6.07, 6.45) is 1.71. The van der Waals surface area contributed by atoms with E-state index in [0.717, 1.165) is 34.3 Å². The Morgan fingerprint density at radius 1 is 0.953 bits per heavy atom. The minimum absolute atomic E-state index is 0.0304. The van der Waals surface area contributed by atoms with Gasteiger partial charge in [0.2, 0.25) is 21.8 Å². The lowest BCUT2D eigenvalue weighted by atomic mass is 10.0. The summed E-state index contributed by atoms with van der Waals surface area (Å²) >= 11 is 12.9. The van der Waals surface area contributed by atoms with E-state index in [1.807, 2.05) is 44.2 Å². The van der Waals surface area contributed by atoms with E-state index in [4.69, 9.17) is 23.2 Å². The molecule has 0 bridgehead atoms. The summed E-state index contributed by atoms with van der Waals surface area (Å²) in [5.41, 5.74) is 1.23. The van der Waals surface area contributed by atoms with E-state index < -0.39 is 33.6 Å². The van der Waals surface area contributed by atoms with E-state index in [0.29, 0.717) is 22.0 Å². The van der Waals surface area contributed by atoms with Gasteiger partial charge >= 0.3 is 0 Å². The molecule has 3 aromatic carbocycles. The van der Waals surface area contributed by atoms with Gasteiger partial charge in [-0.2, -0.15) is 0 Å². The minimum Gasteiger partial charge on any atom is -0.352 e. The molecule has 2 amide bonds. The van der Waals surface area contributed by atoms with Crippen LogP contribution in [0.5, 0.6) is 0 Å². The van der Waals surface area contributed by atoms with E-state index in [1.54, 1.807) is 18.2 Å². The number of carbonyl (C=O) groups excluding carboxylic acids is 2. The number of benzene rings is 3. The van der Waals surface area contributed by atoms with Crippen molar-refractivity contribution in [2.24, 2.45) is 0 Å². The summed E-state index contributed by atoms with van der Waals surface area (Å²) in [6, 6.07) is 15.9. The molecule has 12 heteroatoms. The fraction of sp³-hybridized carbons (Fsp3) is 0.355. The predicted molar refractivity (Wildman–Crippen MR) is 167 cm³/mol. The molecule has 0 aliphatic carbocycles. The summed E-state index contributed by atoms with van der Waals surface area (Å²) in [7, 11) is -3.89. The smallest absolute Gasteiger partial charge is 0.243 e. The zero-order chi connectivity index (χ0) is 31.7. The number of rotatable bonds is 14. The van der Waals surface area contributed by atoms with Gasteiger partial charge in [0.25, 0.3) is 0 Å². The Kier molecular flexibility index (Phi) is 12.4. The third-order valence-electron chi connectivity index (χ3n) is 7.01. The Bertz CT molecular complexity index is 1510. The van der Waals surface area contributed by atoms with Gasteiger partial charge in [0.1, 0.15) is 6.04 Å². The molecule has 0 aromatic heterocycles. The third-order valence-corrected chi connectivity index (χ3v) is 8.91. The Labute approximate surface area is 261 Å². The highest BCUT2D eigenvalue weighted by atomic mass is 35.5. The summed E-state index contributed by atoms with van der Waals surface area (Å²) in [4.78, 5) is 29.0. The largest absolute Gasteiger partial charge is 0.352 e. The number of hydrogen-bond donors (Lipinski definition) is 1. The van der Waals surface area contributed by atoms with Crippen LogP contribution in [0.15, 0.2) is 66.7 Å². The molecule has 3 rings (SSSR count). The van der Waals surface area contributed by atoms with E-state index in [1.165, 1.54) is 4.90 Å².